The molecule has 0 aliphatic carbocycles. The van der Waals surface area contributed by atoms with E-state index in [0.717, 1.165) is 35.0 Å². The minimum Gasteiger partial charge on any atom is -0.508 e. The van der Waals surface area contributed by atoms with Gasteiger partial charge in [-0.2, -0.15) is 5.10 Å². The third kappa shape index (κ3) is 4.73. The zero-order chi connectivity index (χ0) is 20.1. The number of aromatic hydroxyl groups is 1. The quantitative estimate of drug-likeness (QED) is 0.626. The summed E-state index contributed by atoms with van der Waals surface area (Å²) in [5.74, 6) is 1.90. The lowest BCUT2D eigenvalue weighted by atomic mass is 10.1. The number of phenols is 1. The molecule has 146 valence electrons. The van der Waals surface area contributed by atoms with E-state index >= 15 is 0 Å². The van der Waals surface area contributed by atoms with Crippen LogP contribution in [0.3, 0.4) is 0 Å². The number of H-pyrrole nitrogens is 1. The van der Waals surface area contributed by atoms with E-state index in [1.165, 1.54) is 5.56 Å². The summed E-state index contributed by atoms with van der Waals surface area (Å²) in [7, 11) is 2.04. The number of likely N-dealkylation sites (N-methyl/N-ethyl adjacent to an activating group) is 1. The van der Waals surface area contributed by atoms with Crippen LogP contribution < -0.4 is 5.32 Å². The zero-order valence-corrected chi connectivity index (χ0v) is 16.2. The van der Waals surface area contributed by atoms with Crippen LogP contribution in [0.25, 0.3) is 5.70 Å². The molecule has 6 nitrogen and oxygen atoms in total. The first-order valence-corrected chi connectivity index (χ1v) is 9.47. The van der Waals surface area contributed by atoms with Crippen molar-refractivity contribution in [3.63, 3.8) is 0 Å². The first kappa shape index (κ1) is 18.6. The van der Waals surface area contributed by atoms with Gasteiger partial charge in [0, 0.05) is 31.4 Å². The molecule has 0 radical (unpaired) electrons. The van der Waals surface area contributed by atoms with Crippen LogP contribution in [0.5, 0.6) is 5.75 Å². The van der Waals surface area contributed by atoms with E-state index in [0.29, 0.717) is 6.42 Å². The van der Waals surface area contributed by atoms with Crippen molar-refractivity contribution in [2.75, 3.05) is 7.05 Å². The van der Waals surface area contributed by atoms with Gasteiger partial charge in [0.1, 0.15) is 17.4 Å². The number of nitrogens with zero attached hydrogens (tertiary/aromatic N) is 3. The number of aromatic amines is 1. The zero-order valence-electron chi connectivity index (χ0n) is 16.2. The van der Waals surface area contributed by atoms with Crippen molar-refractivity contribution in [3.05, 3.63) is 102 Å². The number of benzene rings is 2. The maximum absolute atomic E-state index is 9.68. The predicted molar refractivity (Wildman–Crippen MR) is 115 cm³/mol. The van der Waals surface area contributed by atoms with Crippen molar-refractivity contribution in [1.82, 2.24) is 20.4 Å². The van der Waals surface area contributed by atoms with Crippen LogP contribution in [0.15, 0.2) is 90.0 Å². The lowest BCUT2D eigenvalue weighted by molar-refractivity contribution is 0.474. The second kappa shape index (κ2) is 8.48. The van der Waals surface area contributed by atoms with Gasteiger partial charge < -0.3 is 15.3 Å². The van der Waals surface area contributed by atoms with Gasteiger partial charge in [-0.05, 0) is 35.8 Å². The van der Waals surface area contributed by atoms with Crippen molar-refractivity contribution in [2.45, 2.75) is 13.0 Å². The average molecular weight is 385 g/mol. The molecule has 2 heterocycles. The maximum Gasteiger partial charge on any atom is 0.133 e. The highest BCUT2D eigenvalue weighted by Gasteiger charge is 2.16. The molecule has 0 spiro atoms. The Morgan fingerprint density at radius 3 is 2.66 bits per heavy atom. The lowest BCUT2D eigenvalue weighted by Gasteiger charge is -2.24. The van der Waals surface area contributed by atoms with Gasteiger partial charge in [0.15, 0.2) is 0 Å². The third-order valence-corrected chi connectivity index (χ3v) is 4.68. The highest BCUT2D eigenvalue weighted by atomic mass is 16.3. The monoisotopic (exact) mass is 385 g/mol. The molecule has 0 saturated heterocycles. The van der Waals surface area contributed by atoms with Crippen LogP contribution >= 0.6 is 0 Å². The summed E-state index contributed by atoms with van der Waals surface area (Å²) in [6, 6.07) is 17.6. The Morgan fingerprint density at radius 2 is 1.90 bits per heavy atom. The van der Waals surface area contributed by atoms with Crippen LogP contribution in [0.4, 0.5) is 0 Å². The molecule has 0 amide bonds. The van der Waals surface area contributed by atoms with Gasteiger partial charge >= 0.3 is 0 Å². The molecule has 1 aliphatic rings. The number of hydrogen-bond donors (Lipinski definition) is 3. The van der Waals surface area contributed by atoms with Gasteiger partial charge in [-0.15, -0.1) is 0 Å². The molecular weight excluding hydrogens is 362 g/mol. The Bertz CT molecular complexity index is 1050. The second-order valence-corrected chi connectivity index (χ2v) is 6.95. The van der Waals surface area contributed by atoms with E-state index in [4.69, 9.17) is 4.99 Å². The maximum atomic E-state index is 9.68. The van der Waals surface area contributed by atoms with Gasteiger partial charge in [0.2, 0.25) is 0 Å². The molecule has 1 aromatic heterocycles. The lowest BCUT2D eigenvalue weighted by Crippen LogP contribution is -2.30. The van der Waals surface area contributed by atoms with E-state index in [1.54, 1.807) is 18.3 Å². The van der Waals surface area contributed by atoms with Gasteiger partial charge in [-0.1, -0.05) is 42.5 Å². The Morgan fingerprint density at radius 1 is 1.07 bits per heavy atom. The predicted octanol–water partition coefficient (Wildman–Crippen LogP) is 3.67. The van der Waals surface area contributed by atoms with Crippen molar-refractivity contribution in [2.24, 2.45) is 4.99 Å². The number of hydrogen-bond acceptors (Lipinski definition) is 5. The smallest absolute Gasteiger partial charge is 0.133 e. The standard InChI is InChI=1S/C23H23N5O/c1-28(16-18-6-3-2-4-7-18)23-13-21(19-14-24-25-15-19)26-22(27-23)11-10-17-8-5-9-20(29)12-17/h2-9,11-15,26,29H,10,16H2,1H3,(H,24,25)/b22-11+. The Labute approximate surface area is 169 Å². The number of rotatable bonds is 5. The topological polar surface area (TPSA) is 76.5 Å². The summed E-state index contributed by atoms with van der Waals surface area (Å²) in [4.78, 5) is 6.92. The van der Waals surface area contributed by atoms with E-state index < -0.39 is 0 Å². The summed E-state index contributed by atoms with van der Waals surface area (Å²) >= 11 is 0. The minimum absolute atomic E-state index is 0.267. The summed E-state index contributed by atoms with van der Waals surface area (Å²) in [5.41, 5.74) is 4.15. The number of allylic oxidation sites excluding steroid dienone is 1. The van der Waals surface area contributed by atoms with Crippen molar-refractivity contribution in [1.29, 1.82) is 0 Å². The fraction of sp³-hybridized carbons (Fsp3) is 0.130. The largest absolute Gasteiger partial charge is 0.508 e. The van der Waals surface area contributed by atoms with E-state index in [-0.39, 0.29) is 5.75 Å². The molecule has 0 fully saturated rings. The summed E-state index contributed by atoms with van der Waals surface area (Å²) in [5, 5.41) is 20.0. The number of phenolic OH excluding ortho intramolecular Hbond substituents is 1. The van der Waals surface area contributed by atoms with Crippen molar-refractivity contribution >= 4 is 11.5 Å². The van der Waals surface area contributed by atoms with Crippen LogP contribution in [-0.2, 0) is 13.0 Å². The van der Waals surface area contributed by atoms with Crippen LogP contribution in [0, 0.1) is 0 Å². The van der Waals surface area contributed by atoms with Crippen LogP contribution in [0.1, 0.15) is 16.7 Å². The molecule has 29 heavy (non-hydrogen) atoms. The Kier molecular flexibility index (Phi) is 5.42. The molecular formula is C23H23N5O. The molecule has 1 aliphatic heterocycles. The van der Waals surface area contributed by atoms with Gasteiger partial charge in [-0.25, -0.2) is 4.99 Å². The molecule has 0 bridgehead atoms. The molecule has 2 aromatic carbocycles. The molecule has 4 rings (SSSR count). The summed E-state index contributed by atoms with van der Waals surface area (Å²) in [6.45, 7) is 0.759. The van der Waals surface area contributed by atoms with Gasteiger partial charge in [0.05, 0.1) is 11.9 Å². The SMILES string of the molecule is CN(Cc1ccccc1)C1=N/C(=C/Cc2cccc(O)c2)NC(c2cn[nH]c2)=C1. The summed E-state index contributed by atoms with van der Waals surface area (Å²) < 4.78 is 0. The first-order valence-electron chi connectivity index (χ1n) is 9.47. The Hall–Kier alpha value is -3.80. The first-order chi connectivity index (χ1) is 14.2. The molecule has 0 saturated carbocycles. The molecule has 6 heteroatoms. The molecule has 0 unspecified atom stereocenters. The van der Waals surface area contributed by atoms with Crippen LogP contribution in [-0.4, -0.2) is 33.1 Å². The van der Waals surface area contributed by atoms with Gasteiger partial charge in [-0.3, -0.25) is 5.10 Å². The second-order valence-electron chi connectivity index (χ2n) is 6.95. The van der Waals surface area contributed by atoms with E-state index in [1.807, 2.05) is 55.7 Å². The van der Waals surface area contributed by atoms with Crippen molar-refractivity contribution < 1.29 is 5.11 Å². The van der Waals surface area contributed by atoms with Crippen molar-refractivity contribution in [3.8, 4) is 5.75 Å². The molecule has 3 N–H and O–H groups in total. The normalized spacial score (nSPS) is 14.9. The number of aromatic nitrogens is 2. The summed E-state index contributed by atoms with van der Waals surface area (Å²) in [6.07, 6.45) is 8.35. The third-order valence-electron chi connectivity index (χ3n) is 4.68. The fourth-order valence-corrected chi connectivity index (χ4v) is 3.17. The molecule has 3 aromatic rings. The minimum atomic E-state index is 0.267. The van der Waals surface area contributed by atoms with Crippen LogP contribution in [0.2, 0.25) is 0 Å². The number of nitrogens with one attached hydrogen (secondary N) is 2. The van der Waals surface area contributed by atoms with E-state index in [2.05, 4.69) is 32.5 Å². The fourth-order valence-electron chi connectivity index (χ4n) is 3.17. The highest BCUT2D eigenvalue weighted by molar-refractivity contribution is 6.01. The molecule has 0 atom stereocenters. The van der Waals surface area contributed by atoms with Gasteiger partial charge in [0.25, 0.3) is 0 Å². The average Bonchev–Trinajstić information content (AvgIpc) is 3.28. The van der Waals surface area contributed by atoms with E-state index in [9.17, 15) is 5.11 Å². The number of amidine groups is 1. The highest BCUT2D eigenvalue weighted by Crippen LogP contribution is 2.19. The Balaban J connectivity index is 1.60. The number of aliphatic imine (C=N–C) groups is 1.